The average Bonchev–Trinajstić information content (AvgIpc) is 0.811. The van der Waals surface area contributed by atoms with Crippen molar-refractivity contribution in [2.45, 2.75) is 0 Å². The summed E-state index contributed by atoms with van der Waals surface area (Å²) in [5, 5.41) is 16.7. The molecule has 0 aromatic rings. The Hall–Kier alpha value is 0.0103. The van der Waals surface area contributed by atoms with Gasteiger partial charge in [0.1, 0.15) is 0 Å². The van der Waals surface area contributed by atoms with Gasteiger partial charge in [0.25, 0.3) is 0 Å². The molecule has 0 saturated carbocycles. The third kappa shape index (κ3) is 154000. The monoisotopic (exact) mass is 168 g/mol. The second kappa shape index (κ2) is 4.01. The predicted octanol–water partition coefficient (Wildman–Crippen LogP) is -2.34. The Kier molecular flexibility index (Phi) is 7.13. The van der Waals surface area contributed by atoms with Crippen LogP contribution >= 0.6 is 0 Å². The van der Waals surface area contributed by atoms with Crippen LogP contribution in [0, 0.1) is 0 Å². The Morgan fingerprint density at radius 1 is 1.60 bits per heavy atom. The van der Waals surface area contributed by atoms with E-state index in [1.807, 2.05) is 0 Å². The number of carbonyl (C=O) groups is 1. The zero-order valence-corrected chi connectivity index (χ0v) is 3.51. The first-order valence-corrected chi connectivity index (χ1v) is 0.612. The van der Waals surface area contributed by atoms with Crippen molar-refractivity contribution in [3.63, 3.8) is 0 Å². The van der Waals surface area contributed by atoms with Gasteiger partial charge >= 0.3 is 23.8 Å². The molecule has 0 heterocycles. The fraction of sp³-hybridized carbons (Fsp3) is 0. The van der Waals surface area contributed by atoms with E-state index >= 15 is 0 Å². The molecule has 0 aliphatic rings. The predicted molar refractivity (Wildman–Crippen MR) is 6.51 cm³/mol. The van der Waals surface area contributed by atoms with Crippen molar-refractivity contribution in [2.24, 2.45) is 0 Å². The molecular formula is CHAgO3. The molecule has 4 heteroatoms. The summed E-state index contributed by atoms with van der Waals surface area (Å²) in [6, 6.07) is 0. The van der Waals surface area contributed by atoms with E-state index in [4.69, 9.17) is 15.0 Å². The van der Waals surface area contributed by atoms with Gasteiger partial charge in [-0.05, 0) is 6.16 Å². The summed E-state index contributed by atoms with van der Waals surface area (Å²) in [5.74, 6) is 0. The molecule has 0 aliphatic carbocycles. The van der Waals surface area contributed by atoms with Gasteiger partial charge in [-0.2, -0.15) is 0 Å². The summed E-state index contributed by atoms with van der Waals surface area (Å²) < 4.78 is 0. The van der Waals surface area contributed by atoms with Crippen molar-refractivity contribution in [1.29, 1.82) is 0 Å². The van der Waals surface area contributed by atoms with Crippen molar-refractivity contribution in [2.75, 3.05) is 0 Å². The first-order valence-electron chi connectivity index (χ1n) is 0.612. The minimum absolute atomic E-state index is 0. The summed E-state index contributed by atoms with van der Waals surface area (Å²) in [6.07, 6.45) is -2.33. The van der Waals surface area contributed by atoms with Crippen LogP contribution in [0.4, 0.5) is 4.79 Å². The molecule has 5 heavy (non-hydrogen) atoms. The molecule has 0 fully saturated rings. The van der Waals surface area contributed by atoms with E-state index in [1.165, 1.54) is 0 Å². The van der Waals surface area contributed by atoms with Crippen molar-refractivity contribution in [3.8, 4) is 0 Å². The van der Waals surface area contributed by atoms with E-state index < -0.39 is 6.16 Å². The molecule has 0 bridgehead atoms. The van der Waals surface area contributed by atoms with Gasteiger partial charge in [0.05, 0.1) is 0 Å². The first-order chi connectivity index (χ1) is 1.73. The largest absolute Gasteiger partial charge is 1.00 e. The minimum atomic E-state index is -2.33. The summed E-state index contributed by atoms with van der Waals surface area (Å²) >= 11 is 0. The summed E-state index contributed by atoms with van der Waals surface area (Å²) in [7, 11) is 0. The Morgan fingerprint density at radius 3 is 1.60 bits per heavy atom. The molecule has 0 radical (unpaired) electrons. The number of hydrogen-bond acceptors (Lipinski definition) is 3. The third-order valence-electron chi connectivity index (χ3n) is 0. The van der Waals surface area contributed by atoms with Gasteiger partial charge in [0.2, 0.25) is 0 Å². The summed E-state index contributed by atoms with van der Waals surface area (Å²) in [5.41, 5.74) is 0. The minimum Gasteiger partial charge on any atom is -0.652 e. The fourth-order valence-electron chi connectivity index (χ4n) is 0. The standard InChI is InChI=1S/CH2O3.Ag/c2-1(3)4;/h(H2,2,3,4);/q;+1/p-1. The molecule has 0 aromatic heterocycles. The number of carbonyl (C=O) groups excluding carboxylic acids is 1. The van der Waals surface area contributed by atoms with Crippen molar-refractivity contribution in [1.82, 2.24) is 0 Å². The Balaban J connectivity index is -0.0000000450. The quantitative estimate of drug-likeness (QED) is 0.381. The molecule has 0 atom stereocenters. The maximum atomic E-state index is 8.33. The van der Waals surface area contributed by atoms with Crippen molar-refractivity contribution in [3.05, 3.63) is 0 Å². The molecule has 0 aromatic carbocycles. The van der Waals surface area contributed by atoms with Crippen LogP contribution in [0.25, 0.3) is 0 Å². The van der Waals surface area contributed by atoms with Gasteiger partial charge in [-0.25, -0.2) is 0 Å². The van der Waals surface area contributed by atoms with E-state index in [0.29, 0.717) is 0 Å². The van der Waals surface area contributed by atoms with Crippen molar-refractivity contribution < 1.29 is 38.8 Å². The van der Waals surface area contributed by atoms with Crippen LogP contribution in [0.5, 0.6) is 0 Å². The second-order valence-corrected chi connectivity index (χ2v) is 0.250. The molecule has 0 unspecified atom stereocenters. The SMILES string of the molecule is O=C([O-])[O-].[Ag+].[H+]. The first kappa shape index (κ1) is 8.89. The molecule has 34 valence electrons. The van der Waals surface area contributed by atoms with E-state index in [9.17, 15) is 0 Å². The van der Waals surface area contributed by atoms with Crippen LogP contribution < -0.4 is 10.2 Å². The van der Waals surface area contributed by atoms with Crippen LogP contribution in [0.2, 0.25) is 0 Å². The van der Waals surface area contributed by atoms with Gasteiger partial charge < -0.3 is 15.0 Å². The van der Waals surface area contributed by atoms with Gasteiger partial charge in [-0.1, -0.05) is 0 Å². The second-order valence-electron chi connectivity index (χ2n) is 0.250. The average molecular weight is 169 g/mol. The topological polar surface area (TPSA) is 63.2 Å². The molecule has 0 aliphatic heterocycles. The number of carboxylic acid groups (broad SMARTS) is 2. The van der Waals surface area contributed by atoms with Gasteiger partial charge in [-0.15, -0.1) is 0 Å². The fourth-order valence-corrected chi connectivity index (χ4v) is 0. The maximum absolute atomic E-state index is 8.33. The molecule has 0 spiro atoms. The van der Waals surface area contributed by atoms with Crippen LogP contribution in [-0.4, -0.2) is 6.16 Å². The van der Waals surface area contributed by atoms with E-state index in [1.54, 1.807) is 0 Å². The summed E-state index contributed by atoms with van der Waals surface area (Å²) in [6.45, 7) is 0. The van der Waals surface area contributed by atoms with E-state index in [-0.39, 0.29) is 23.8 Å². The van der Waals surface area contributed by atoms with Crippen LogP contribution in [0.3, 0.4) is 0 Å². The Labute approximate surface area is 45.6 Å². The molecule has 3 nitrogen and oxygen atoms in total. The normalized spacial score (nSPS) is 4.80. The van der Waals surface area contributed by atoms with Crippen molar-refractivity contribution >= 4 is 6.16 Å². The van der Waals surface area contributed by atoms with Gasteiger partial charge in [0.15, 0.2) is 0 Å². The van der Waals surface area contributed by atoms with E-state index in [2.05, 4.69) is 0 Å². The third-order valence-corrected chi connectivity index (χ3v) is 0. The van der Waals surface area contributed by atoms with Crippen LogP contribution in [0.15, 0.2) is 0 Å². The number of rotatable bonds is 0. The van der Waals surface area contributed by atoms with E-state index in [0.717, 1.165) is 0 Å². The summed E-state index contributed by atoms with van der Waals surface area (Å²) in [4.78, 5) is 8.33. The smallest absolute Gasteiger partial charge is 0.652 e. The molecular weight excluding hydrogens is 168 g/mol. The molecule has 0 saturated heterocycles. The van der Waals surface area contributed by atoms with Gasteiger partial charge in [-0.3, -0.25) is 0 Å². The molecule has 0 rings (SSSR count). The van der Waals surface area contributed by atoms with Crippen LogP contribution in [0.1, 0.15) is 1.43 Å². The Bertz CT molecular complexity index is 33.8. The number of hydrogen-bond donors (Lipinski definition) is 0. The zero-order valence-electron chi connectivity index (χ0n) is 3.03. The van der Waals surface area contributed by atoms with Gasteiger partial charge in [0, 0.05) is 0 Å². The molecule has 0 amide bonds. The zero-order chi connectivity index (χ0) is 3.58. The molecule has 0 N–H and O–H groups in total. The Morgan fingerprint density at radius 2 is 1.60 bits per heavy atom. The maximum Gasteiger partial charge on any atom is 1.00 e. The van der Waals surface area contributed by atoms with Crippen LogP contribution in [-0.2, 0) is 22.4 Å².